The summed E-state index contributed by atoms with van der Waals surface area (Å²) in [6, 6.07) is 4.19. The molecule has 1 heterocycles. The van der Waals surface area contributed by atoms with Crippen molar-refractivity contribution in [3.8, 4) is 0 Å². The van der Waals surface area contributed by atoms with Gasteiger partial charge in [-0.05, 0) is 30.7 Å². The van der Waals surface area contributed by atoms with Crippen LogP contribution in [0.5, 0.6) is 0 Å². The van der Waals surface area contributed by atoms with Gasteiger partial charge in [-0.2, -0.15) is 0 Å². The van der Waals surface area contributed by atoms with Crippen molar-refractivity contribution in [2.45, 2.75) is 24.3 Å². The smallest absolute Gasteiger partial charge is 0.338 e. The Kier molecular flexibility index (Phi) is 3.88. The average molecular weight is 285 g/mol. The van der Waals surface area contributed by atoms with Crippen LogP contribution < -0.4 is 5.14 Å². The summed E-state index contributed by atoms with van der Waals surface area (Å²) in [6.07, 6.45) is 0.380. The third-order valence-corrected chi connectivity index (χ3v) is 3.67. The number of ether oxygens (including phenoxy) is 2. The van der Waals surface area contributed by atoms with Crippen LogP contribution in [-0.2, 0) is 19.5 Å². The average Bonchev–Trinajstić information content (AvgIpc) is 2.79. The molecule has 0 amide bonds. The Morgan fingerprint density at radius 3 is 2.74 bits per heavy atom. The predicted molar refractivity (Wildman–Crippen MR) is 67.2 cm³/mol. The lowest BCUT2D eigenvalue weighted by atomic mass is 10.1. The molecule has 0 spiro atoms. The van der Waals surface area contributed by atoms with Crippen LogP contribution in [0.25, 0.3) is 0 Å². The standard InChI is InChI=1S/C12H15NO5S/c1-8-4-9(6-11(5-8)19(13,15)16)12(14)18-10-2-3-17-7-10/h4-6,10H,2-3,7H2,1H3,(H2,13,15,16). The number of carbonyl (C=O) groups excluding carboxylic acids is 1. The minimum Gasteiger partial charge on any atom is -0.456 e. The van der Waals surface area contributed by atoms with E-state index in [2.05, 4.69) is 0 Å². The van der Waals surface area contributed by atoms with E-state index in [1.165, 1.54) is 12.1 Å². The van der Waals surface area contributed by atoms with E-state index in [-0.39, 0.29) is 16.6 Å². The molecule has 0 aromatic heterocycles. The molecule has 0 saturated carbocycles. The van der Waals surface area contributed by atoms with Gasteiger partial charge in [0.1, 0.15) is 6.10 Å². The number of hydrogen-bond donors (Lipinski definition) is 1. The quantitative estimate of drug-likeness (QED) is 0.820. The van der Waals surface area contributed by atoms with E-state index in [9.17, 15) is 13.2 Å². The Morgan fingerprint density at radius 2 is 2.16 bits per heavy atom. The fourth-order valence-electron chi connectivity index (χ4n) is 1.86. The van der Waals surface area contributed by atoms with Gasteiger partial charge in [0, 0.05) is 6.42 Å². The lowest BCUT2D eigenvalue weighted by molar-refractivity contribution is 0.0270. The molecule has 0 radical (unpaired) electrons. The van der Waals surface area contributed by atoms with Crippen molar-refractivity contribution in [1.29, 1.82) is 0 Å². The first-order valence-corrected chi connectivity index (χ1v) is 7.34. The van der Waals surface area contributed by atoms with Gasteiger partial charge in [0.15, 0.2) is 0 Å². The molecule has 2 N–H and O–H groups in total. The number of aryl methyl sites for hydroxylation is 1. The topological polar surface area (TPSA) is 95.7 Å². The Hall–Kier alpha value is -1.44. The maximum Gasteiger partial charge on any atom is 0.338 e. The van der Waals surface area contributed by atoms with Gasteiger partial charge in [0.2, 0.25) is 10.0 Å². The van der Waals surface area contributed by atoms with E-state index in [0.717, 1.165) is 0 Å². The van der Waals surface area contributed by atoms with Gasteiger partial charge >= 0.3 is 5.97 Å². The molecule has 1 aliphatic rings. The lowest BCUT2D eigenvalue weighted by Crippen LogP contribution is -2.19. The van der Waals surface area contributed by atoms with E-state index in [0.29, 0.717) is 25.2 Å². The van der Waals surface area contributed by atoms with E-state index in [1.807, 2.05) is 0 Å². The SMILES string of the molecule is Cc1cc(C(=O)OC2CCOC2)cc(S(N)(=O)=O)c1. The minimum atomic E-state index is -3.84. The number of nitrogens with two attached hydrogens (primary N) is 1. The van der Waals surface area contributed by atoms with Crippen molar-refractivity contribution in [3.63, 3.8) is 0 Å². The molecular formula is C12H15NO5S. The summed E-state index contributed by atoms with van der Waals surface area (Å²) in [6.45, 7) is 2.62. The first kappa shape index (κ1) is 14.0. The fourth-order valence-corrected chi connectivity index (χ4v) is 2.50. The molecular weight excluding hydrogens is 270 g/mol. The van der Waals surface area contributed by atoms with Gasteiger partial charge in [-0.3, -0.25) is 0 Å². The van der Waals surface area contributed by atoms with Gasteiger partial charge in [-0.1, -0.05) is 0 Å². The van der Waals surface area contributed by atoms with Crippen LogP contribution in [0.2, 0.25) is 0 Å². The molecule has 1 unspecified atom stereocenters. The molecule has 1 fully saturated rings. The monoisotopic (exact) mass is 285 g/mol. The summed E-state index contributed by atoms with van der Waals surface area (Å²) in [7, 11) is -3.84. The summed E-state index contributed by atoms with van der Waals surface area (Å²) in [5.74, 6) is -0.566. The molecule has 19 heavy (non-hydrogen) atoms. The van der Waals surface area contributed by atoms with Crippen molar-refractivity contribution in [2.24, 2.45) is 5.14 Å². The minimum absolute atomic E-state index is 0.0953. The van der Waals surface area contributed by atoms with E-state index in [4.69, 9.17) is 14.6 Å². The molecule has 104 valence electrons. The third-order valence-electron chi connectivity index (χ3n) is 2.78. The van der Waals surface area contributed by atoms with Gasteiger partial charge in [0.25, 0.3) is 0 Å². The van der Waals surface area contributed by atoms with Crippen molar-refractivity contribution in [2.75, 3.05) is 13.2 Å². The van der Waals surface area contributed by atoms with Crippen molar-refractivity contribution in [3.05, 3.63) is 29.3 Å². The number of benzene rings is 1. The van der Waals surface area contributed by atoms with Crippen LogP contribution in [0.1, 0.15) is 22.3 Å². The number of carbonyl (C=O) groups is 1. The molecule has 6 nitrogen and oxygen atoms in total. The second-order valence-corrected chi connectivity index (χ2v) is 6.03. The molecule has 7 heteroatoms. The van der Waals surface area contributed by atoms with E-state index >= 15 is 0 Å². The second-order valence-electron chi connectivity index (χ2n) is 4.47. The van der Waals surface area contributed by atoms with Crippen molar-refractivity contribution >= 4 is 16.0 Å². The molecule has 2 rings (SSSR count). The van der Waals surface area contributed by atoms with Crippen molar-refractivity contribution < 1.29 is 22.7 Å². The van der Waals surface area contributed by atoms with Crippen LogP contribution in [-0.4, -0.2) is 33.7 Å². The first-order chi connectivity index (χ1) is 8.86. The summed E-state index contributed by atoms with van der Waals surface area (Å²) in [4.78, 5) is 11.8. The summed E-state index contributed by atoms with van der Waals surface area (Å²) in [5, 5.41) is 5.06. The molecule has 0 bridgehead atoms. The zero-order chi connectivity index (χ0) is 14.0. The highest BCUT2D eigenvalue weighted by atomic mass is 32.2. The maximum absolute atomic E-state index is 11.9. The van der Waals surface area contributed by atoms with Gasteiger partial charge in [-0.25, -0.2) is 18.4 Å². The largest absolute Gasteiger partial charge is 0.456 e. The van der Waals surface area contributed by atoms with Gasteiger partial charge in [0.05, 0.1) is 23.7 Å². The highest BCUT2D eigenvalue weighted by Crippen LogP contribution is 2.17. The number of hydrogen-bond acceptors (Lipinski definition) is 5. The normalized spacial score (nSPS) is 19.4. The summed E-state index contributed by atoms with van der Waals surface area (Å²) in [5.41, 5.74) is 0.803. The number of esters is 1. The Morgan fingerprint density at radius 1 is 1.42 bits per heavy atom. The predicted octanol–water partition coefficient (Wildman–Crippen LogP) is 0.588. The highest BCUT2D eigenvalue weighted by Gasteiger charge is 2.22. The number of sulfonamides is 1. The van der Waals surface area contributed by atoms with Crippen molar-refractivity contribution in [1.82, 2.24) is 0 Å². The lowest BCUT2D eigenvalue weighted by Gasteiger charge is -2.11. The number of rotatable bonds is 3. The summed E-state index contributed by atoms with van der Waals surface area (Å²) >= 11 is 0. The van der Waals surface area contributed by atoms with Crippen LogP contribution in [0.3, 0.4) is 0 Å². The van der Waals surface area contributed by atoms with E-state index in [1.54, 1.807) is 13.0 Å². The second kappa shape index (κ2) is 5.28. The van der Waals surface area contributed by atoms with Gasteiger partial charge < -0.3 is 9.47 Å². The first-order valence-electron chi connectivity index (χ1n) is 5.79. The number of primary sulfonamides is 1. The van der Waals surface area contributed by atoms with Gasteiger partial charge in [-0.15, -0.1) is 0 Å². The highest BCUT2D eigenvalue weighted by molar-refractivity contribution is 7.89. The molecule has 0 aliphatic carbocycles. The maximum atomic E-state index is 11.9. The molecule has 1 aliphatic heterocycles. The Bertz CT molecular complexity index is 590. The molecule has 1 aromatic carbocycles. The van der Waals surface area contributed by atoms with Crippen LogP contribution in [0.4, 0.5) is 0 Å². The van der Waals surface area contributed by atoms with Crippen LogP contribution >= 0.6 is 0 Å². The third kappa shape index (κ3) is 3.52. The van der Waals surface area contributed by atoms with Crippen LogP contribution in [0.15, 0.2) is 23.1 Å². The fraction of sp³-hybridized carbons (Fsp3) is 0.417. The Labute approximate surface area is 111 Å². The molecule has 1 aromatic rings. The van der Waals surface area contributed by atoms with E-state index < -0.39 is 16.0 Å². The zero-order valence-electron chi connectivity index (χ0n) is 10.5. The molecule has 1 atom stereocenters. The molecule has 1 saturated heterocycles. The Balaban J connectivity index is 2.24. The van der Waals surface area contributed by atoms with Crippen LogP contribution in [0, 0.1) is 6.92 Å². The zero-order valence-corrected chi connectivity index (χ0v) is 11.3. The summed E-state index contributed by atoms with van der Waals surface area (Å²) < 4.78 is 32.9.